The molecular formula is C22H22N4O6S2. The SMILES string of the molecule is C=CCn1c(=NC(=O)C2CCCN2S(=O)(=O)c2ccc(OC)cc2)sc2ccc([N+](=O)[O-])cc21. The Bertz CT molecular complexity index is 1440. The molecule has 178 valence electrons. The van der Waals surface area contributed by atoms with Gasteiger partial charge in [0, 0.05) is 25.2 Å². The first-order valence-electron chi connectivity index (χ1n) is 10.4. The summed E-state index contributed by atoms with van der Waals surface area (Å²) in [7, 11) is -2.42. The van der Waals surface area contributed by atoms with E-state index in [-0.39, 0.29) is 23.7 Å². The molecule has 34 heavy (non-hydrogen) atoms. The number of carbonyl (C=O) groups excluding carboxylic acids is 1. The molecule has 4 rings (SSSR count). The van der Waals surface area contributed by atoms with Crippen molar-refractivity contribution < 1.29 is 22.9 Å². The summed E-state index contributed by atoms with van der Waals surface area (Å²) in [6.45, 7) is 4.21. The highest BCUT2D eigenvalue weighted by atomic mass is 32.2. The molecule has 12 heteroatoms. The lowest BCUT2D eigenvalue weighted by Crippen LogP contribution is -2.40. The van der Waals surface area contributed by atoms with Crippen LogP contribution in [-0.2, 0) is 21.4 Å². The Hall–Kier alpha value is -3.35. The third-order valence-corrected chi connectivity index (χ3v) is 8.53. The highest BCUT2D eigenvalue weighted by Crippen LogP contribution is 2.28. The molecule has 2 heterocycles. The molecule has 1 unspecified atom stereocenters. The maximum absolute atomic E-state index is 13.2. The molecule has 1 atom stereocenters. The van der Waals surface area contributed by atoms with E-state index in [1.165, 1.54) is 47.0 Å². The van der Waals surface area contributed by atoms with E-state index in [4.69, 9.17) is 4.74 Å². The fourth-order valence-electron chi connectivity index (χ4n) is 3.89. The van der Waals surface area contributed by atoms with Gasteiger partial charge < -0.3 is 9.30 Å². The molecule has 0 radical (unpaired) electrons. The number of hydrogen-bond acceptors (Lipinski definition) is 7. The summed E-state index contributed by atoms with van der Waals surface area (Å²) < 4.78 is 35.1. The van der Waals surface area contributed by atoms with Gasteiger partial charge in [0.1, 0.15) is 11.8 Å². The van der Waals surface area contributed by atoms with Gasteiger partial charge in [-0.05, 0) is 43.2 Å². The zero-order valence-electron chi connectivity index (χ0n) is 18.3. The maximum atomic E-state index is 13.2. The van der Waals surface area contributed by atoms with Gasteiger partial charge in [0.05, 0.1) is 27.1 Å². The van der Waals surface area contributed by atoms with Crippen LogP contribution in [0, 0.1) is 10.1 Å². The highest BCUT2D eigenvalue weighted by molar-refractivity contribution is 7.89. The Morgan fingerprint density at radius 2 is 2.06 bits per heavy atom. The van der Waals surface area contributed by atoms with Gasteiger partial charge in [-0.3, -0.25) is 14.9 Å². The number of allylic oxidation sites excluding steroid dienone is 1. The number of nitrogens with zero attached hydrogens (tertiary/aromatic N) is 4. The number of ether oxygens (including phenoxy) is 1. The number of hydrogen-bond donors (Lipinski definition) is 0. The van der Waals surface area contributed by atoms with Crippen molar-refractivity contribution in [2.75, 3.05) is 13.7 Å². The van der Waals surface area contributed by atoms with E-state index in [1.807, 2.05) is 0 Å². The van der Waals surface area contributed by atoms with Crippen LogP contribution in [0.4, 0.5) is 5.69 Å². The molecule has 3 aromatic rings. The number of nitro benzene ring substituents is 1. The molecule has 1 fully saturated rings. The van der Waals surface area contributed by atoms with E-state index in [1.54, 1.807) is 28.8 Å². The average molecular weight is 503 g/mol. The molecule has 1 aliphatic heterocycles. The van der Waals surface area contributed by atoms with E-state index < -0.39 is 26.9 Å². The largest absolute Gasteiger partial charge is 0.497 e. The van der Waals surface area contributed by atoms with Crippen molar-refractivity contribution in [3.8, 4) is 5.75 Å². The van der Waals surface area contributed by atoms with Crippen molar-refractivity contribution in [1.82, 2.24) is 8.87 Å². The molecule has 2 aromatic carbocycles. The van der Waals surface area contributed by atoms with Gasteiger partial charge in [0.15, 0.2) is 4.80 Å². The van der Waals surface area contributed by atoms with Crippen molar-refractivity contribution in [3.63, 3.8) is 0 Å². The normalized spacial score (nSPS) is 17.2. The first kappa shape index (κ1) is 23.8. The predicted octanol–water partition coefficient (Wildman–Crippen LogP) is 3.09. The van der Waals surface area contributed by atoms with E-state index >= 15 is 0 Å². The summed E-state index contributed by atoms with van der Waals surface area (Å²) >= 11 is 1.20. The van der Waals surface area contributed by atoms with Gasteiger partial charge >= 0.3 is 0 Å². The zero-order chi connectivity index (χ0) is 24.5. The monoisotopic (exact) mass is 502 g/mol. The molecule has 1 aliphatic rings. The average Bonchev–Trinajstić information content (AvgIpc) is 3.45. The Balaban J connectivity index is 1.72. The molecule has 1 aromatic heterocycles. The van der Waals surface area contributed by atoms with Crippen LogP contribution in [0.2, 0.25) is 0 Å². The number of aromatic nitrogens is 1. The summed E-state index contributed by atoms with van der Waals surface area (Å²) in [6.07, 6.45) is 2.49. The van der Waals surface area contributed by atoms with Gasteiger partial charge in [-0.25, -0.2) is 8.42 Å². The van der Waals surface area contributed by atoms with Crippen molar-refractivity contribution in [2.24, 2.45) is 4.99 Å². The zero-order valence-corrected chi connectivity index (χ0v) is 19.9. The lowest BCUT2D eigenvalue weighted by atomic mass is 10.2. The summed E-state index contributed by atoms with van der Waals surface area (Å²) in [4.78, 5) is 28.5. The number of sulfonamides is 1. The fraction of sp³-hybridized carbons (Fsp3) is 0.273. The minimum Gasteiger partial charge on any atom is -0.497 e. The van der Waals surface area contributed by atoms with E-state index in [9.17, 15) is 23.3 Å². The van der Waals surface area contributed by atoms with E-state index in [0.29, 0.717) is 33.6 Å². The summed E-state index contributed by atoms with van der Waals surface area (Å²) in [6, 6.07) is 9.50. The topological polar surface area (TPSA) is 124 Å². The minimum atomic E-state index is -3.91. The van der Waals surface area contributed by atoms with Crippen LogP contribution in [0.25, 0.3) is 10.2 Å². The van der Waals surface area contributed by atoms with Gasteiger partial charge in [0.25, 0.3) is 11.6 Å². The molecule has 1 amide bonds. The summed E-state index contributed by atoms with van der Waals surface area (Å²) in [5.74, 6) is -0.0479. The van der Waals surface area contributed by atoms with E-state index in [0.717, 1.165) is 0 Å². The van der Waals surface area contributed by atoms with Gasteiger partial charge in [-0.1, -0.05) is 17.4 Å². The van der Waals surface area contributed by atoms with Crippen LogP contribution in [0.5, 0.6) is 5.75 Å². The minimum absolute atomic E-state index is 0.0730. The Kier molecular flexibility index (Phi) is 6.64. The second-order valence-electron chi connectivity index (χ2n) is 7.59. The lowest BCUT2D eigenvalue weighted by Gasteiger charge is -2.21. The van der Waals surface area contributed by atoms with Crippen LogP contribution in [-0.4, -0.2) is 47.8 Å². The predicted molar refractivity (Wildman–Crippen MR) is 127 cm³/mol. The molecule has 0 spiro atoms. The third kappa shape index (κ3) is 4.39. The maximum Gasteiger partial charge on any atom is 0.271 e. The number of non-ortho nitro benzene ring substituents is 1. The smallest absolute Gasteiger partial charge is 0.271 e. The van der Waals surface area contributed by atoms with Gasteiger partial charge in [-0.15, -0.1) is 6.58 Å². The van der Waals surface area contributed by atoms with Crippen molar-refractivity contribution in [2.45, 2.75) is 30.3 Å². The molecular weight excluding hydrogens is 480 g/mol. The van der Waals surface area contributed by atoms with Gasteiger partial charge in [0.2, 0.25) is 10.0 Å². The summed E-state index contributed by atoms with van der Waals surface area (Å²) in [5.41, 5.74) is 0.480. The number of benzene rings is 2. The second kappa shape index (κ2) is 9.49. The molecule has 0 saturated carbocycles. The highest BCUT2D eigenvalue weighted by Gasteiger charge is 2.39. The molecule has 0 bridgehead atoms. The van der Waals surface area contributed by atoms with Crippen LogP contribution in [0.15, 0.2) is 65.0 Å². The Morgan fingerprint density at radius 3 is 2.71 bits per heavy atom. The van der Waals surface area contributed by atoms with Crippen LogP contribution in [0.1, 0.15) is 12.8 Å². The molecule has 0 aliphatic carbocycles. The Labute approximate surface area is 199 Å². The third-order valence-electron chi connectivity index (χ3n) is 5.55. The second-order valence-corrected chi connectivity index (χ2v) is 10.5. The fourth-order valence-corrected chi connectivity index (χ4v) is 6.56. The van der Waals surface area contributed by atoms with Crippen LogP contribution in [0.3, 0.4) is 0 Å². The first-order valence-corrected chi connectivity index (χ1v) is 12.6. The quantitative estimate of drug-likeness (QED) is 0.278. The number of amides is 1. The number of thiazole rings is 1. The number of nitro groups is 1. The Morgan fingerprint density at radius 1 is 1.32 bits per heavy atom. The number of methoxy groups -OCH3 is 1. The van der Waals surface area contributed by atoms with Crippen LogP contribution < -0.4 is 9.54 Å². The molecule has 0 N–H and O–H groups in total. The first-order chi connectivity index (χ1) is 16.3. The molecule has 1 saturated heterocycles. The molecule has 10 nitrogen and oxygen atoms in total. The van der Waals surface area contributed by atoms with E-state index in [2.05, 4.69) is 11.6 Å². The summed E-state index contributed by atoms with van der Waals surface area (Å²) in [5, 5.41) is 11.2. The van der Waals surface area contributed by atoms with Crippen molar-refractivity contribution in [1.29, 1.82) is 0 Å². The number of carbonyl (C=O) groups is 1. The standard InChI is InChI=1S/C22H22N4O6S2/c1-3-12-24-19-14-15(26(28)29)6-11-20(19)33-22(24)23-21(27)18-5-4-13-25(18)34(30,31)17-9-7-16(32-2)8-10-17/h3,6-11,14,18H,1,4-5,12-13H2,2H3. The van der Waals surface area contributed by atoms with Gasteiger partial charge in [-0.2, -0.15) is 9.30 Å². The van der Waals surface area contributed by atoms with Crippen LogP contribution >= 0.6 is 11.3 Å². The number of rotatable bonds is 7. The van der Waals surface area contributed by atoms with Crippen molar-refractivity contribution in [3.05, 3.63) is 70.0 Å². The lowest BCUT2D eigenvalue weighted by molar-refractivity contribution is -0.384. The number of fused-ring (bicyclic) bond motifs is 1. The van der Waals surface area contributed by atoms with Crippen molar-refractivity contribution >= 4 is 43.2 Å².